The Morgan fingerprint density at radius 1 is 0.914 bits per heavy atom. The molecule has 7 aliphatic heterocycles. The zero-order valence-electron chi connectivity index (χ0n) is 35.2. The molecule has 326 valence electrons. The Bertz CT molecular complexity index is 1620. The lowest BCUT2D eigenvalue weighted by molar-refractivity contribution is -0.403. The molecular formula is C45H70N2O10S. The minimum Gasteiger partial charge on any atom is -0.480 e. The van der Waals surface area contributed by atoms with Crippen LogP contribution >= 0.6 is 11.8 Å². The molecule has 7 bridgehead atoms. The molecule has 16 atom stereocenters. The van der Waals surface area contributed by atoms with E-state index in [0.29, 0.717) is 62.5 Å². The first-order chi connectivity index (χ1) is 27.5. The van der Waals surface area contributed by atoms with E-state index in [9.17, 15) is 25.2 Å². The number of thioether (sulfide) groups is 1. The molecule has 12 nitrogen and oxygen atoms in total. The SMILES string of the molecule is C=C1CCCC2=NC[C@H](C)[C@@H](C)C[C@@]23CCC([C@H](O)CSCC(N)C(=O)O)=C[C@@H]3[C@@H]2O[C@]3(C[C@H]4CCC[C@@]5(CC[C@@]6(O[C@@H](CC[C@@]6(C)O)C1)O5)O4)C[C@@H](C)[C@@H](O)[C@H]2O3. The molecule has 0 aromatic heterocycles. The van der Waals surface area contributed by atoms with Crippen LogP contribution in [-0.2, 0) is 28.5 Å². The standard InChI is InChI=1S/C45H70N2O10S/c1-26-8-6-10-36-42(20-27(2)29(4)23-47-36)15-11-30(35(48)25-58-24-34(46)40(50)51)19-33(42)38-39-37(49)28(3)21-44(55-38,56-39)22-32-9-7-13-43(53-32)16-17-45(57-43)41(5,52)14-12-31(18-26)54-45/h19,27-29,31-35,37-39,48-49,52H,1,6-18,20-25,46H2,2-5H3,(H,50,51)/t27-,28+,29-,31-,32+,33+,34?,35+,37+,38-,39+,41+,42+,43+,44+,45+/m0/s1. The highest BCUT2D eigenvalue weighted by molar-refractivity contribution is 7.99. The summed E-state index contributed by atoms with van der Waals surface area (Å²) in [7, 11) is 0. The summed E-state index contributed by atoms with van der Waals surface area (Å²) in [5.74, 6) is -3.07. The molecule has 6 saturated heterocycles. The second-order valence-corrected chi connectivity index (χ2v) is 21.2. The minimum absolute atomic E-state index is 0.0801. The van der Waals surface area contributed by atoms with Crippen LogP contribution < -0.4 is 5.73 Å². The number of carboxylic acid groups (broad SMARTS) is 1. The summed E-state index contributed by atoms with van der Waals surface area (Å²) in [5.41, 5.74) is 7.50. The summed E-state index contributed by atoms with van der Waals surface area (Å²) in [6.45, 7) is 13.9. The number of hydrogen-bond donors (Lipinski definition) is 5. The molecule has 6 fully saturated rings. The van der Waals surface area contributed by atoms with E-state index in [2.05, 4.69) is 33.4 Å². The van der Waals surface area contributed by atoms with Crippen molar-refractivity contribution in [3.63, 3.8) is 0 Å². The maximum atomic E-state index is 12.0. The Labute approximate surface area is 349 Å². The highest BCUT2D eigenvalue weighted by Gasteiger charge is 2.66. The first kappa shape index (κ1) is 43.3. The molecule has 58 heavy (non-hydrogen) atoms. The van der Waals surface area contributed by atoms with Gasteiger partial charge in [0.25, 0.3) is 0 Å². The number of carbonyl (C=O) groups is 1. The van der Waals surface area contributed by atoms with Crippen molar-refractivity contribution < 1.29 is 48.9 Å². The molecule has 0 aromatic carbocycles. The van der Waals surface area contributed by atoms with Crippen LogP contribution in [0.3, 0.4) is 0 Å². The number of aliphatic carboxylic acids is 1. The van der Waals surface area contributed by atoms with Crippen molar-refractivity contribution in [1.82, 2.24) is 0 Å². The second-order valence-electron chi connectivity index (χ2n) is 20.1. The van der Waals surface area contributed by atoms with Crippen LogP contribution in [0.5, 0.6) is 0 Å². The van der Waals surface area contributed by atoms with E-state index in [1.165, 1.54) is 17.5 Å². The van der Waals surface area contributed by atoms with Crippen LogP contribution in [0, 0.1) is 29.1 Å². The summed E-state index contributed by atoms with van der Waals surface area (Å²) < 4.78 is 35.2. The first-order valence-electron chi connectivity index (χ1n) is 22.4. The van der Waals surface area contributed by atoms with E-state index in [-0.39, 0.29) is 35.2 Å². The van der Waals surface area contributed by atoms with Gasteiger partial charge in [-0.15, -0.1) is 0 Å². The van der Waals surface area contributed by atoms with Gasteiger partial charge in [-0.05, 0) is 101 Å². The lowest BCUT2D eigenvalue weighted by atomic mass is 9.57. The molecule has 8 rings (SSSR count). The summed E-state index contributed by atoms with van der Waals surface area (Å²) in [6.07, 6.45) is 10.8. The Balaban J connectivity index is 1.18. The highest BCUT2D eigenvalue weighted by atomic mass is 32.2. The number of rotatable bonds is 6. The number of aliphatic hydroxyl groups is 3. The van der Waals surface area contributed by atoms with Gasteiger partial charge in [-0.2, -0.15) is 11.8 Å². The van der Waals surface area contributed by atoms with E-state index >= 15 is 0 Å². The molecule has 1 aliphatic carbocycles. The van der Waals surface area contributed by atoms with Crippen molar-refractivity contribution >= 4 is 23.4 Å². The van der Waals surface area contributed by atoms with Crippen molar-refractivity contribution in [3.8, 4) is 0 Å². The third kappa shape index (κ3) is 8.05. The largest absolute Gasteiger partial charge is 0.480 e. The highest BCUT2D eigenvalue weighted by Crippen LogP contribution is 2.59. The number of fused-ring (bicyclic) bond motifs is 6. The van der Waals surface area contributed by atoms with E-state index in [1.54, 1.807) is 0 Å². The van der Waals surface area contributed by atoms with Gasteiger partial charge in [0.05, 0.1) is 30.5 Å². The fourth-order valence-electron chi connectivity index (χ4n) is 12.1. The molecule has 0 radical (unpaired) electrons. The van der Waals surface area contributed by atoms with Crippen molar-refractivity contribution in [3.05, 3.63) is 23.8 Å². The van der Waals surface area contributed by atoms with Crippen molar-refractivity contribution in [2.24, 2.45) is 39.8 Å². The van der Waals surface area contributed by atoms with Crippen LogP contribution in [0.25, 0.3) is 0 Å². The maximum Gasteiger partial charge on any atom is 0.321 e. The molecule has 4 spiro atoms. The van der Waals surface area contributed by atoms with Gasteiger partial charge in [0, 0.05) is 67.2 Å². The van der Waals surface area contributed by atoms with Gasteiger partial charge < -0.3 is 49.8 Å². The Morgan fingerprint density at radius 3 is 2.50 bits per heavy atom. The topological polar surface area (TPSA) is 183 Å². The molecule has 0 saturated carbocycles. The summed E-state index contributed by atoms with van der Waals surface area (Å²) in [6, 6.07) is -0.995. The van der Waals surface area contributed by atoms with Crippen LogP contribution in [-0.4, -0.2) is 116 Å². The van der Waals surface area contributed by atoms with Crippen LogP contribution in [0.15, 0.2) is 28.8 Å². The molecule has 0 aromatic rings. The van der Waals surface area contributed by atoms with Gasteiger partial charge in [-0.1, -0.05) is 39.0 Å². The quantitative estimate of drug-likeness (QED) is 0.196. The van der Waals surface area contributed by atoms with Gasteiger partial charge >= 0.3 is 5.97 Å². The third-order valence-corrected chi connectivity index (χ3v) is 16.9. The van der Waals surface area contributed by atoms with Crippen molar-refractivity contribution in [2.45, 2.75) is 196 Å². The summed E-state index contributed by atoms with van der Waals surface area (Å²) in [5, 5.41) is 44.8. The van der Waals surface area contributed by atoms with E-state index in [1.807, 2.05) is 6.92 Å². The molecule has 13 heteroatoms. The van der Waals surface area contributed by atoms with Gasteiger partial charge in [-0.3, -0.25) is 9.79 Å². The zero-order valence-corrected chi connectivity index (χ0v) is 36.1. The average molecular weight is 831 g/mol. The number of nitrogens with zero attached hydrogens (tertiary/aromatic N) is 1. The van der Waals surface area contributed by atoms with Crippen LogP contribution in [0.4, 0.5) is 0 Å². The van der Waals surface area contributed by atoms with Gasteiger partial charge in [-0.25, -0.2) is 0 Å². The monoisotopic (exact) mass is 830 g/mol. The normalized spacial score (nSPS) is 48.1. The first-order valence-corrected chi connectivity index (χ1v) is 23.6. The minimum atomic E-state index is -1.16. The fraction of sp³-hybridized carbons (Fsp3) is 0.867. The predicted octanol–water partition coefficient (Wildman–Crippen LogP) is 6.04. The smallest absolute Gasteiger partial charge is 0.321 e. The Morgan fingerprint density at radius 2 is 1.71 bits per heavy atom. The number of ether oxygens (including phenoxy) is 5. The number of hydrogen-bond acceptors (Lipinski definition) is 12. The molecule has 6 N–H and O–H groups in total. The lowest BCUT2D eigenvalue weighted by Gasteiger charge is -2.50. The third-order valence-electron chi connectivity index (χ3n) is 15.7. The summed E-state index contributed by atoms with van der Waals surface area (Å²) >= 11 is 1.35. The van der Waals surface area contributed by atoms with E-state index in [4.69, 9.17) is 34.4 Å². The predicted molar refractivity (Wildman–Crippen MR) is 221 cm³/mol. The van der Waals surface area contributed by atoms with Gasteiger partial charge in [0.2, 0.25) is 5.79 Å². The fourth-order valence-corrected chi connectivity index (χ4v) is 13.1. The van der Waals surface area contributed by atoms with Crippen molar-refractivity contribution in [2.75, 3.05) is 18.1 Å². The molecule has 7 heterocycles. The zero-order chi connectivity index (χ0) is 41.3. The Hall–Kier alpha value is -1.39. The molecule has 8 aliphatic rings. The van der Waals surface area contributed by atoms with Crippen LogP contribution in [0.2, 0.25) is 0 Å². The average Bonchev–Trinajstić information content (AvgIpc) is 3.65. The Kier molecular flexibility index (Phi) is 12.2. The van der Waals surface area contributed by atoms with E-state index < -0.39 is 59.4 Å². The molecule has 1 unspecified atom stereocenters. The van der Waals surface area contributed by atoms with Crippen LogP contribution in [0.1, 0.15) is 130 Å². The van der Waals surface area contributed by atoms with Crippen molar-refractivity contribution in [1.29, 1.82) is 0 Å². The second kappa shape index (κ2) is 16.4. The molecular weight excluding hydrogens is 761 g/mol. The van der Waals surface area contributed by atoms with E-state index in [0.717, 1.165) is 75.5 Å². The number of aliphatic imine (C=N–C) groups is 1. The van der Waals surface area contributed by atoms with Gasteiger partial charge in [0.15, 0.2) is 11.6 Å². The number of carboxylic acids is 1. The summed E-state index contributed by atoms with van der Waals surface area (Å²) in [4.78, 5) is 16.9. The lowest BCUT2D eigenvalue weighted by Crippen LogP contribution is -2.60. The van der Waals surface area contributed by atoms with Gasteiger partial charge in [0.1, 0.15) is 17.7 Å². The maximum absolute atomic E-state index is 12.0. The molecule has 0 amide bonds. The number of aliphatic hydroxyl groups excluding tert-OH is 2. The number of nitrogens with two attached hydrogens (primary N) is 1.